The van der Waals surface area contributed by atoms with Gasteiger partial charge in [-0.25, -0.2) is 16.8 Å². The number of aryl methyl sites for hydroxylation is 2. The molecule has 2 rings (SSSR count). The molecule has 0 nitrogen and oxygen atoms in total. The van der Waals surface area contributed by atoms with Gasteiger partial charge in [-0.3, -0.25) is 0 Å². The zero-order valence-corrected chi connectivity index (χ0v) is 22.5. The Bertz CT molecular complexity index is 577. The maximum absolute atomic E-state index is 3.82. The largest absolute Gasteiger partial charge is 4.00 e. The fourth-order valence-corrected chi connectivity index (χ4v) is 5.88. The fraction of sp³-hybridized carbons (Fsp3) is 0.545. The number of benzene rings is 1. The van der Waals surface area contributed by atoms with E-state index >= 15 is 0 Å². The van der Waals surface area contributed by atoms with Crippen LogP contribution in [-0.4, -0.2) is 9.52 Å². The van der Waals surface area contributed by atoms with Gasteiger partial charge in [0.2, 0.25) is 0 Å². The Balaban J connectivity index is -0.00000144. The number of unbranched alkanes of at least 4 members (excludes halogenated alkanes) is 3. The van der Waals surface area contributed by atoms with Crippen LogP contribution < -0.4 is 42.4 Å². The molecule has 0 N–H and O–H groups in total. The first-order chi connectivity index (χ1) is 11.1. The van der Waals surface area contributed by atoms with Gasteiger partial charge in [-0.15, -0.1) is 0 Å². The Labute approximate surface area is 203 Å². The zero-order chi connectivity index (χ0) is 16.7. The molecule has 0 atom stereocenters. The smallest absolute Gasteiger partial charge is 1.00 e. The van der Waals surface area contributed by atoms with E-state index in [9.17, 15) is 0 Å². The molecule has 0 heterocycles. The van der Waals surface area contributed by atoms with E-state index < -0.39 is 0 Å². The molecule has 1 aliphatic carbocycles. The molecule has 1 aromatic carbocycles. The SMILES string of the molecule is CCCCCC1=[C-]C(CCCC)=C([SiH2]c2cc(C)cc(C)c2)C1.[Cl-].[Cl-].[Cl-].[Ti+4]. The van der Waals surface area contributed by atoms with E-state index in [4.69, 9.17) is 0 Å². The maximum atomic E-state index is 3.82. The summed E-state index contributed by atoms with van der Waals surface area (Å²) in [6.07, 6.45) is 14.2. The monoisotopic (exact) mass is 478 g/mol. The summed E-state index contributed by atoms with van der Waals surface area (Å²) in [6, 6.07) is 7.12. The summed E-state index contributed by atoms with van der Waals surface area (Å²) < 4.78 is 0. The average Bonchev–Trinajstić information content (AvgIpc) is 2.86. The van der Waals surface area contributed by atoms with Crippen molar-refractivity contribution in [3.8, 4) is 0 Å². The van der Waals surface area contributed by atoms with Crippen molar-refractivity contribution in [1.82, 2.24) is 0 Å². The topological polar surface area (TPSA) is 0 Å². The molecule has 0 fully saturated rings. The Hall–Kier alpha value is 0.501. The zero-order valence-electron chi connectivity index (χ0n) is 17.2. The van der Waals surface area contributed by atoms with Crippen molar-refractivity contribution in [2.75, 3.05) is 0 Å². The third kappa shape index (κ3) is 11.3. The van der Waals surface area contributed by atoms with E-state index in [1.165, 1.54) is 62.5 Å². The minimum atomic E-state index is -0.317. The van der Waals surface area contributed by atoms with E-state index in [-0.39, 0.29) is 68.5 Å². The number of halogens is 3. The molecule has 0 spiro atoms. The average molecular weight is 480 g/mol. The van der Waals surface area contributed by atoms with Crippen LogP contribution in [0, 0.1) is 19.9 Å². The van der Waals surface area contributed by atoms with E-state index in [1.54, 1.807) is 21.5 Å². The van der Waals surface area contributed by atoms with Crippen LogP contribution in [0.15, 0.2) is 34.5 Å². The molecule has 150 valence electrons. The van der Waals surface area contributed by atoms with Gasteiger partial charge in [-0.1, -0.05) is 99.7 Å². The summed E-state index contributed by atoms with van der Waals surface area (Å²) in [5.41, 5.74) is 6.02. The summed E-state index contributed by atoms with van der Waals surface area (Å²) in [7, 11) is -0.317. The van der Waals surface area contributed by atoms with Crippen molar-refractivity contribution in [3.05, 3.63) is 51.7 Å². The number of allylic oxidation sites excluding steroid dienone is 4. The second kappa shape index (κ2) is 17.4. The van der Waals surface area contributed by atoms with E-state index in [0.717, 1.165) is 0 Å². The van der Waals surface area contributed by atoms with E-state index in [2.05, 4.69) is 52.0 Å². The second-order valence-electron chi connectivity index (χ2n) is 7.22. The minimum absolute atomic E-state index is 0. The molecule has 0 bridgehead atoms. The summed E-state index contributed by atoms with van der Waals surface area (Å²) >= 11 is 0. The van der Waals surface area contributed by atoms with Crippen molar-refractivity contribution < 1.29 is 58.9 Å². The first-order valence-corrected chi connectivity index (χ1v) is 10.9. The van der Waals surface area contributed by atoms with E-state index in [1.807, 2.05) is 0 Å². The van der Waals surface area contributed by atoms with Crippen molar-refractivity contribution in [1.29, 1.82) is 0 Å². The Morgan fingerprint density at radius 2 is 1.44 bits per heavy atom. The van der Waals surface area contributed by atoms with Gasteiger partial charge in [-0.2, -0.15) is 5.57 Å². The molecular weight excluding hydrogens is 447 g/mol. The standard InChI is InChI=1S/C22H33Si.3ClH.Ti/c1-5-7-9-10-19-15-20(11-8-6-2)22(16-19)23-21-13-17(3)12-18(4)14-21;;;;/h12-14H,5-11,16,23H2,1-4H3;3*1H;/q-1;;;;+4/p-3. The number of hydrogen-bond acceptors (Lipinski definition) is 0. The molecule has 0 aliphatic heterocycles. The first-order valence-electron chi connectivity index (χ1n) is 9.52. The normalized spacial score (nSPS) is 12.8. The predicted octanol–water partition coefficient (Wildman–Crippen LogP) is -3.74. The van der Waals surface area contributed by atoms with Gasteiger partial charge in [0.15, 0.2) is 0 Å². The molecule has 0 saturated carbocycles. The van der Waals surface area contributed by atoms with E-state index in [0.29, 0.717) is 0 Å². The van der Waals surface area contributed by atoms with Crippen molar-refractivity contribution in [2.24, 2.45) is 0 Å². The van der Waals surface area contributed by atoms with Crippen LogP contribution >= 0.6 is 0 Å². The Morgan fingerprint density at radius 1 is 0.852 bits per heavy atom. The summed E-state index contributed by atoms with van der Waals surface area (Å²) in [4.78, 5) is 0. The fourth-order valence-electron chi connectivity index (χ4n) is 3.63. The predicted molar refractivity (Wildman–Crippen MR) is 106 cm³/mol. The van der Waals surface area contributed by atoms with Gasteiger partial charge in [0.25, 0.3) is 0 Å². The Kier molecular flexibility index (Phi) is 20.7. The van der Waals surface area contributed by atoms with Crippen molar-refractivity contribution in [2.45, 2.75) is 79.1 Å². The molecule has 5 heteroatoms. The molecule has 0 aromatic heterocycles. The molecule has 1 aromatic rings. The van der Waals surface area contributed by atoms with Gasteiger partial charge >= 0.3 is 21.7 Å². The number of rotatable bonds is 9. The molecular formula is C22H33Cl3SiTi. The quantitative estimate of drug-likeness (QED) is 0.194. The summed E-state index contributed by atoms with van der Waals surface area (Å²) in [5.74, 6) is 0. The third-order valence-electron chi connectivity index (χ3n) is 4.74. The summed E-state index contributed by atoms with van der Waals surface area (Å²) in [5, 5.41) is 3.39. The molecule has 1 aliphatic rings. The van der Waals surface area contributed by atoms with Crippen LogP contribution in [0.3, 0.4) is 0 Å². The first kappa shape index (κ1) is 32.2. The molecule has 27 heavy (non-hydrogen) atoms. The molecule has 0 saturated heterocycles. The second-order valence-corrected chi connectivity index (χ2v) is 9.24. The van der Waals surface area contributed by atoms with Crippen LogP contribution in [0.25, 0.3) is 0 Å². The van der Waals surface area contributed by atoms with Crippen LogP contribution in [-0.2, 0) is 21.7 Å². The minimum Gasteiger partial charge on any atom is -1.00 e. The van der Waals surface area contributed by atoms with Gasteiger partial charge in [0, 0.05) is 0 Å². The van der Waals surface area contributed by atoms with Crippen molar-refractivity contribution >= 4 is 14.7 Å². The third-order valence-corrected chi connectivity index (χ3v) is 6.66. The number of hydrogen-bond donors (Lipinski definition) is 0. The van der Waals surface area contributed by atoms with Gasteiger partial charge < -0.3 is 37.2 Å². The molecule has 0 unspecified atom stereocenters. The van der Waals surface area contributed by atoms with Crippen molar-refractivity contribution in [3.63, 3.8) is 0 Å². The van der Waals surface area contributed by atoms with Crippen LogP contribution in [0.1, 0.15) is 76.3 Å². The van der Waals surface area contributed by atoms with Crippen LogP contribution in [0.2, 0.25) is 0 Å². The van der Waals surface area contributed by atoms with Gasteiger partial charge in [-0.05, 0) is 23.4 Å². The van der Waals surface area contributed by atoms with Gasteiger partial charge in [0.05, 0.1) is 0 Å². The Morgan fingerprint density at radius 3 is 2.00 bits per heavy atom. The maximum Gasteiger partial charge on any atom is 4.00 e. The molecule has 0 amide bonds. The van der Waals surface area contributed by atoms with Crippen LogP contribution in [0.5, 0.6) is 0 Å². The molecule has 0 radical (unpaired) electrons. The van der Waals surface area contributed by atoms with Gasteiger partial charge in [0.1, 0.15) is 0 Å². The summed E-state index contributed by atoms with van der Waals surface area (Å²) in [6.45, 7) is 9.04. The van der Waals surface area contributed by atoms with Crippen LogP contribution in [0.4, 0.5) is 0 Å².